The van der Waals surface area contributed by atoms with E-state index in [0.717, 1.165) is 22.3 Å². The Labute approximate surface area is 207 Å². The molecule has 0 heterocycles. The molecular weight excluding hydrogens is 464 g/mol. The van der Waals surface area contributed by atoms with Crippen molar-refractivity contribution in [1.82, 2.24) is 9.62 Å². The van der Waals surface area contributed by atoms with Gasteiger partial charge in [-0.2, -0.15) is 4.31 Å². The molecule has 0 aromatic heterocycles. The number of nitrogens with one attached hydrogen (secondary N) is 1. The number of methoxy groups -OCH3 is 2. The number of ether oxygens (including phenoxy) is 2. The molecule has 1 amide bonds. The summed E-state index contributed by atoms with van der Waals surface area (Å²) in [5.74, 6) is 0.730. The fourth-order valence-electron chi connectivity index (χ4n) is 3.75. The van der Waals surface area contributed by atoms with Crippen molar-refractivity contribution >= 4 is 15.9 Å². The quantitative estimate of drug-likeness (QED) is 0.450. The van der Waals surface area contributed by atoms with E-state index in [4.69, 9.17) is 9.47 Å². The van der Waals surface area contributed by atoms with Crippen LogP contribution in [0.3, 0.4) is 0 Å². The highest BCUT2D eigenvalue weighted by Crippen LogP contribution is 2.30. The van der Waals surface area contributed by atoms with E-state index in [-0.39, 0.29) is 24.0 Å². The van der Waals surface area contributed by atoms with Crippen LogP contribution in [0, 0.1) is 13.8 Å². The van der Waals surface area contributed by atoms with Crippen LogP contribution in [0.5, 0.6) is 11.5 Å². The zero-order chi connectivity index (χ0) is 25.6. The molecule has 1 atom stereocenters. The van der Waals surface area contributed by atoms with Gasteiger partial charge >= 0.3 is 0 Å². The predicted molar refractivity (Wildman–Crippen MR) is 136 cm³/mol. The lowest BCUT2D eigenvalue weighted by Gasteiger charge is -2.24. The zero-order valence-electron chi connectivity index (χ0n) is 20.7. The van der Waals surface area contributed by atoms with Gasteiger partial charge in [0.2, 0.25) is 15.9 Å². The minimum absolute atomic E-state index is 0.0794. The highest BCUT2D eigenvalue weighted by atomic mass is 32.2. The third-order valence-electron chi connectivity index (χ3n) is 5.71. The Morgan fingerprint density at radius 3 is 2.23 bits per heavy atom. The van der Waals surface area contributed by atoms with Crippen LogP contribution in [0.4, 0.5) is 0 Å². The van der Waals surface area contributed by atoms with Crippen LogP contribution in [0.25, 0.3) is 0 Å². The lowest BCUT2D eigenvalue weighted by Crippen LogP contribution is -2.41. The number of hydrogen-bond donors (Lipinski definition) is 1. The topological polar surface area (TPSA) is 84.9 Å². The van der Waals surface area contributed by atoms with Crippen molar-refractivity contribution in [1.29, 1.82) is 0 Å². The number of amides is 1. The molecule has 1 N–H and O–H groups in total. The summed E-state index contributed by atoms with van der Waals surface area (Å²) in [4.78, 5) is 13.2. The van der Waals surface area contributed by atoms with Crippen LogP contribution < -0.4 is 14.8 Å². The molecule has 8 heteroatoms. The lowest BCUT2D eigenvalue weighted by atomic mass is 10.1. The molecule has 0 aliphatic heterocycles. The molecule has 35 heavy (non-hydrogen) atoms. The van der Waals surface area contributed by atoms with E-state index in [0.29, 0.717) is 11.5 Å². The standard InChI is InChI=1S/C27H32N2O5S/c1-19-9-12-24(13-10-19)35(31,32)29(17-22-8-6-7-20(2)15-22)18-27(30)28-21(3)23-11-14-25(33-4)26(16-23)34-5/h6-16,21H,17-18H2,1-5H3,(H,28,30). The molecule has 3 aromatic carbocycles. The Bertz CT molecular complexity index is 1270. The van der Waals surface area contributed by atoms with Gasteiger partial charge in [0.1, 0.15) is 0 Å². The summed E-state index contributed by atoms with van der Waals surface area (Å²) in [6.45, 7) is 5.43. The average molecular weight is 497 g/mol. The van der Waals surface area contributed by atoms with E-state index < -0.39 is 15.9 Å². The molecular formula is C27H32N2O5S. The number of aryl methyl sites for hydroxylation is 2. The van der Waals surface area contributed by atoms with Crippen LogP contribution in [0.15, 0.2) is 71.6 Å². The number of nitrogens with zero attached hydrogens (tertiary/aromatic N) is 1. The van der Waals surface area contributed by atoms with Gasteiger partial charge in [0, 0.05) is 6.54 Å². The van der Waals surface area contributed by atoms with Gasteiger partial charge in [-0.1, -0.05) is 53.6 Å². The number of hydrogen-bond acceptors (Lipinski definition) is 5. The number of sulfonamides is 1. The van der Waals surface area contributed by atoms with Crippen molar-refractivity contribution in [3.05, 3.63) is 89.0 Å². The first-order chi connectivity index (χ1) is 16.6. The Kier molecular flexibility index (Phi) is 8.53. The molecule has 0 aliphatic carbocycles. The second kappa shape index (κ2) is 11.4. The summed E-state index contributed by atoms with van der Waals surface area (Å²) in [6, 6.07) is 19.2. The van der Waals surface area contributed by atoms with Crippen molar-refractivity contribution in [2.45, 2.75) is 38.3 Å². The molecule has 186 valence electrons. The molecule has 3 aromatic rings. The monoisotopic (exact) mass is 496 g/mol. The third kappa shape index (κ3) is 6.61. The molecule has 3 rings (SSSR count). The molecule has 0 fully saturated rings. The normalized spacial score (nSPS) is 12.3. The summed E-state index contributed by atoms with van der Waals surface area (Å²) in [5, 5.41) is 2.90. The largest absolute Gasteiger partial charge is 0.493 e. The maximum atomic E-state index is 13.5. The molecule has 0 spiro atoms. The van der Waals surface area contributed by atoms with Gasteiger partial charge < -0.3 is 14.8 Å². The molecule has 1 unspecified atom stereocenters. The van der Waals surface area contributed by atoms with Crippen molar-refractivity contribution in [3.8, 4) is 11.5 Å². The minimum atomic E-state index is -3.91. The fourth-order valence-corrected chi connectivity index (χ4v) is 5.14. The second-order valence-electron chi connectivity index (χ2n) is 8.48. The van der Waals surface area contributed by atoms with Gasteiger partial charge in [-0.3, -0.25) is 4.79 Å². The second-order valence-corrected chi connectivity index (χ2v) is 10.4. The fraction of sp³-hybridized carbons (Fsp3) is 0.296. The Morgan fingerprint density at radius 1 is 0.914 bits per heavy atom. The van der Waals surface area contributed by atoms with Gasteiger partial charge in [0.25, 0.3) is 0 Å². The van der Waals surface area contributed by atoms with E-state index in [2.05, 4.69) is 5.32 Å². The molecule has 0 radical (unpaired) electrons. The van der Waals surface area contributed by atoms with Crippen molar-refractivity contribution in [3.63, 3.8) is 0 Å². The smallest absolute Gasteiger partial charge is 0.243 e. The summed E-state index contributed by atoms with van der Waals surface area (Å²) >= 11 is 0. The number of rotatable bonds is 10. The van der Waals surface area contributed by atoms with Crippen LogP contribution >= 0.6 is 0 Å². The zero-order valence-corrected chi connectivity index (χ0v) is 21.6. The van der Waals surface area contributed by atoms with Crippen LogP contribution in [0.2, 0.25) is 0 Å². The van der Waals surface area contributed by atoms with E-state index in [1.807, 2.05) is 51.1 Å². The van der Waals surface area contributed by atoms with Crippen molar-refractivity contribution in [2.24, 2.45) is 0 Å². The summed E-state index contributed by atoms with van der Waals surface area (Å²) in [6.07, 6.45) is 0. The number of carbonyl (C=O) groups excluding carboxylic acids is 1. The van der Waals surface area contributed by atoms with Gasteiger partial charge in [-0.15, -0.1) is 0 Å². The summed E-state index contributed by atoms with van der Waals surface area (Å²) in [7, 11) is -0.807. The van der Waals surface area contributed by atoms with Gasteiger partial charge in [-0.05, 0) is 56.2 Å². The molecule has 0 aliphatic rings. The first-order valence-electron chi connectivity index (χ1n) is 11.3. The van der Waals surface area contributed by atoms with Crippen LogP contribution in [-0.4, -0.2) is 39.4 Å². The lowest BCUT2D eigenvalue weighted by molar-refractivity contribution is -0.122. The molecule has 7 nitrogen and oxygen atoms in total. The molecule has 0 saturated carbocycles. The number of benzene rings is 3. The van der Waals surface area contributed by atoms with Gasteiger partial charge in [0.05, 0.1) is 31.7 Å². The minimum Gasteiger partial charge on any atom is -0.493 e. The third-order valence-corrected chi connectivity index (χ3v) is 7.51. The Balaban J connectivity index is 1.83. The van der Waals surface area contributed by atoms with Crippen LogP contribution in [0.1, 0.15) is 35.2 Å². The summed E-state index contributed by atoms with van der Waals surface area (Å²) < 4.78 is 38.8. The number of carbonyl (C=O) groups is 1. The van der Waals surface area contributed by atoms with E-state index in [9.17, 15) is 13.2 Å². The predicted octanol–water partition coefficient (Wildman–Crippen LogP) is 4.39. The SMILES string of the molecule is COc1ccc(C(C)NC(=O)CN(Cc2cccc(C)c2)S(=O)(=O)c2ccc(C)cc2)cc1OC. The van der Waals surface area contributed by atoms with Crippen LogP contribution in [-0.2, 0) is 21.4 Å². The molecule has 0 saturated heterocycles. The molecule has 0 bridgehead atoms. The summed E-state index contributed by atoms with van der Waals surface area (Å²) in [5.41, 5.74) is 3.58. The van der Waals surface area contributed by atoms with Gasteiger partial charge in [0.15, 0.2) is 11.5 Å². The first kappa shape index (κ1) is 26.2. The van der Waals surface area contributed by atoms with E-state index >= 15 is 0 Å². The highest BCUT2D eigenvalue weighted by molar-refractivity contribution is 7.89. The average Bonchev–Trinajstić information content (AvgIpc) is 2.83. The van der Waals surface area contributed by atoms with Crippen molar-refractivity contribution in [2.75, 3.05) is 20.8 Å². The Hall–Kier alpha value is -3.36. The van der Waals surface area contributed by atoms with Gasteiger partial charge in [-0.25, -0.2) is 8.42 Å². The highest BCUT2D eigenvalue weighted by Gasteiger charge is 2.27. The maximum Gasteiger partial charge on any atom is 0.243 e. The van der Waals surface area contributed by atoms with Crippen molar-refractivity contribution < 1.29 is 22.7 Å². The maximum absolute atomic E-state index is 13.5. The van der Waals surface area contributed by atoms with E-state index in [1.165, 1.54) is 4.31 Å². The van der Waals surface area contributed by atoms with E-state index in [1.54, 1.807) is 50.6 Å². The first-order valence-corrected chi connectivity index (χ1v) is 12.7. The Morgan fingerprint density at radius 2 is 1.60 bits per heavy atom.